The maximum atomic E-state index is 10.9. The quantitative estimate of drug-likeness (QED) is 0.833. The second-order valence-corrected chi connectivity index (χ2v) is 4.69. The molecule has 2 N–H and O–H groups in total. The molecular formula is C17H19NO2. The van der Waals surface area contributed by atoms with Gasteiger partial charge in [-0.2, -0.15) is 0 Å². The molecular weight excluding hydrogens is 250 g/mol. The molecule has 0 aromatic rings. The smallest absolute Gasteiger partial charge is 0.221 e. The van der Waals surface area contributed by atoms with E-state index in [2.05, 4.69) is 18.2 Å². The molecule has 0 radical (unpaired) electrons. The zero-order valence-electron chi connectivity index (χ0n) is 11.4. The van der Waals surface area contributed by atoms with Crippen molar-refractivity contribution in [2.24, 2.45) is 5.73 Å². The molecule has 3 nitrogen and oxygen atoms in total. The molecule has 20 heavy (non-hydrogen) atoms. The molecule has 0 spiro atoms. The molecule has 2 rings (SSSR count). The van der Waals surface area contributed by atoms with E-state index in [1.165, 1.54) is 5.57 Å². The van der Waals surface area contributed by atoms with Gasteiger partial charge in [-0.05, 0) is 36.1 Å². The monoisotopic (exact) mass is 269 g/mol. The fraction of sp³-hybridized carbons (Fsp3) is 0.235. The number of hydrogen-bond donors (Lipinski definition) is 1. The topological polar surface area (TPSA) is 52.3 Å². The molecule has 0 unspecified atom stereocenters. The number of rotatable bonds is 5. The van der Waals surface area contributed by atoms with Crippen molar-refractivity contribution < 1.29 is 9.53 Å². The molecule has 0 saturated carbocycles. The van der Waals surface area contributed by atoms with Crippen molar-refractivity contribution in [1.82, 2.24) is 0 Å². The van der Waals surface area contributed by atoms with E-state index in [1.807, 2.05) is 36.5 Å². The minimum absolute atomic E-state index is 0.275. The zero-order chi connectivity index (χ0) is 14.2. The minimum atomic E-state index is -0.313. The largest absolute Gasteiger partial charge is 0.489 e. The maximum absolute atomic E-state index is 10.9. The first-order chi connectivity index (χ1) is 9.74. The number of ether oxygens (including phenoxy) is 1. The average molecular weight is 269 g/mol. The number of nitrogens with two attached hydrogens (primary N) is 1. The summed E-state index contributed by atoms with van der Waals surface area (Å²) in [6.45, 7) is 0.555. The van der Waals surface area contributed by atoms with Crippen LogP contribution in [0.2, 0.25) is 0 Å². The van der Waals surface area contributed by atoms with Gasteiger partial charge in [0.05, 0.1) is 6.42 Å². The third-order valence-electron chi connectivity index (χ3n) is 3.02. The van der Waals surface area contributed by atoms with Crippen molar-refractivity contribution in [2.75, 3.05) is 6.61 Å². The van der Waals surface area contributed by atoms with Gasteiger partial charge in [-0.25, -0.2) is 0 Å². The van der Waals surface area contributed by atoms with Crippen molar-refractivity contribution in [3.05, 3.63) is 71.6 Å². The number of amides is 1. The first-order valence-electron chi connectivity index (χ1n) is 6.74. The number of carbonyl (C=O) groups excluding carboxylic acids is 1. The summed E-state index contributed by atoms with van der Waals surface area (Å²) >= 11 is 0. The van der Waals surface area contributed by atoms with Crippen LogP contribution in [0.25, 0.3) is 0 Å². The lowest BCUT2D eigenvalue weighted by molar-refractivity contribution is -0.117. The molecule has 2 aliphatic carbocycles. The van der Waals surface area contributed by atoms with Crippen molar-refractivity contribution in [1.29, 1.82) is 0 Å². The highest BCUT2D eigenvalue weighted by Crippen LogP contribution is 2.15. The van der Waals surface area contributed by atoms with Crippen molar-refractivity contribution in [2.45, 2.75) is 19.3 Å². The molecule has 0 atom stereocenters. The molecule has 0 aliphatic heterocycles. The average Bonchev–Trinajstić information content (AvgIpc) is 2.78. The van der Waals surface area contributed by atoms with Crippen LogP contribution in [0.4, 0.5) is 0 Å². The van der Waals surface area contributed by atoms with Gasteiger partial charge in [0.25, 0.3) is 0 Å². The third kappa shape index (κ3) is 4.76. The summed E-state index contributed by atoms with van der Waals surface area (Å²) in [7, 11) is 0. The highest BCUT2D eigenvalue weighted by Gasteiger charge is 2.03. The predicted octanol–water partition coefficient (Wildman–Crippen LogP) is 3.09. The summed E-state index contributed by atoms with van der Waals surface area (Å²) in [6, 6.07) is 0. The summed E-state index contributed by atoms with van der Waals surface area (Å²) in [5, 5.41) is 0. The zero-order valence-corrected chi connectivity index (χ0v) is 11.4. The van der Waals surface area contributed by atoms with E-state index in [0.717, 1.165) is 24.2 Å². The second kappa shape index (κ2) is 7.34. The van der Waals surface area contributed by atoms with Gasteiger partial charge in [-0.3, -0.25) is 4.79 Å². The first kappa shape index (κ1) is 14.1. The Balaban J connectivity index is 1.87. The number of carbonyl (C=O) groups is 1. The summed E-state index contributed by atoms with van der Waals surface area (Å²) in [5.74, 6) is 0.513. The Kier molecular flexibility index (Phi) is 5.18. The number of allylic oxidation sites excluding steroid dienone is 8. The van der Waals surface area contributed by atoms with Gasteiger partial charge in [0, 0.05) is 0 Å². The van der Waals surface area contributed by atoms with Crippen molar-refractivity contribution in [3.8, 4) is 0 Å². The summed E-state index contributed by atoms with van der Waals surface area (Å²) in [4.78, 5) is 10.9. The summed E-state index contributed by atoms with van der Waals surface area (Å²) < 4.78 is 5.79. The van der Waals surface area contributed by atoms with Crippen LogP contribution in [-0.4, -0.2) is 12.5 Å². The van der Waals surface area contributed by atoms with Crippen LogP contribution in [0.15, 0.2) is 71.6 Å². The molecule has 1 amide bonds. The fourth-order valence-electron chi connectivity index (χ4n) is 1.99. The van der Waals surface area contributed by atoms with Gasteiger partial charge < -0.3 is 10.5 Å². The highest BCUT2D eigenvalue weighted by atomic mass is 16.5. The van der Waals surface area contributed by atoms with E-state index in [4.69, 9.17) is 10.5 Å². The van der Waals surface area contributed by atoms with Gasteiger partial charge in [0.1, 0.15) is 12.4 Å². The molecule has 3 heteroatoms. The van der Waals surface area contributed by atoms with Gasteiger partial charge >= 0.3 is 0 Å². The molecule has 104 valence electrons. The Morgan fingerprint density at radius 2 is 1.90 bits per heavy atom. The first-order valence-corrected chi connectivity index (χ1v) is 6.74. The van der Waals surface area contributed by atoms with Crippen LogP contribution < -0.4 is 5.73 Å². The maximum Gasteiger partial charge on any atom is 0.221 e. The fourth-order valence-corrected chi connectivity index (χ4v) is 1.99. The SMILES string of the molecule is NC(=O)CC1=CCC=C(OCC2=CCC=CC=C2)C=C1. The lowest BCUT2D eigenvalue weighted by Gasteiger charge is -2.07. The van der Waals surface area contributed by atoms with Gasteiger partial charge in [0.15, 0.2) is 0 Å². The third-order valence-corrected chi connectivity index (χ3v) is 3.02. The van der Waals surface area contributed by atoms with E-state index >= 15 is 0 Å². The van der Waals surface area contributed by atoms with Crippen molar-refractivity contribution >= 4 is 5.91 Å². The van der Waals surface area contributed by atoms with E-state index in [9.17, 15) is 4.79 Å². The predicted molar refractivity (Wildman–Crippen MR) is 80.7 cm³/mol. The van der Waals surface area contributed by atoms with Crippen LogP contribution in [0, 0.1) is 0 Å². The molecule has 0 heterocycles. The van der Waals surface area contributed by atoms with Crippen LogP contribution in [0.3, 0.4) is 0 Å². The summed E-state index contributed by atoms with van der Waals surface area (Å²) in [6.07, 6.45) is 20.1. The number of hydrogen-bond acceptors (Lipinski definition) is 2. The molecule has 0 bridgehead atoms. The van der Waals surface area contributed by atoms with Gasteiger partial charge in [-0.15, -0.1) is 0 Å². The Morgan fingerprint density at radius 3 is 2.75 bits per heavy atom. The molecule has 0 aromatic heterocycles. The van der Waals surface area contributed by atoms with Gasteiger partial charge in [-0.1, -0.05) is 42.5 Å². The van der Waals surface area contributed by atoms with Gasteiger partial charge in [0.2, 0.25) is 5.91 Å². The normalized spacial score (nSPS) is 17.7. The Labute approximate surface area is 119 Å². The van der Waals surface area contributed by atoms with Crippen LogP contribution >= 0.6 is 0 Å². The Bertz CT molecular complexity index is 545. The lowest BCUT2D eigenvalue weighted by Crippen LogP contribution is -2.10. The molecule has 2 aliphatic rings. The minimum Gasteiger partial charge on any atom is -0.489 e. The van der Waals surface area contributed by atoms with E-state index in [-0.39, 0.29) is 12.3 Å². The second-order valence-electron chi connectivity index (χ2n) is 4.69. The Hall–Kier alpha value is -2.29. The molecule has 0 saturated heterocycles. The summed E-state index contributed by atoms with van der Waals surface area (Å²) in [5.41, 5.74) is 7.30. The Morgan fingerprint density at radius 1 is 1.05 bits per heavy atom. The van der Waals surface area contributed by atoms with Crippen LogP contribution in [0.5, 0.6) is 0 Å². The lowest BCUT2D eigenvalue weighted by atomic mass is 10.1. The highest BCUT2D eigenvalue weighted by molar-refractivity contribution is 5.77. The molecule has 0 aromatic carbocycles. The van der Waals surface area contributed by atoms with Crippen LogP contribution in [-0.2, 0) is 9.53 Å². The van der Waals surface area contributed by atoms with E-state index < -0.39 is 0 Å². The standard InChI is InChI=1S/C17H19NO2/c18-17(19)12-14-8-5-9-16(11-10-14)20-13-15-6-3-1-2-4-7-15/h1-3,6-11H,4-5,12-13H2,(H2,18,19). The molecule has 0 fully saturated rings. The van der Waals surface area contributed by atoms with Crippen LogP contribution in [0.1, 0.15) is 19.3 Å². The van der Waals surface area contributed by atoms with E-state index in [0.29, 0.717) is 6.61 Å². The van der Waals surface area contributed by atoms with E-state index in [1.54, 1.807) is 0 Å². The van der Waals surface area contributed by atoms with Crippen molar-refractivity contribution in [3.63, 3.8) is 0 Å². The number of primary amides is 1.